The standard InChI is InChI=1S/C12H11Cl3N2O/c13-8-5-7(6-9(14)12(8)15)16-17-10-3-1-2-4-11(10)18/h5-6,16H,1-4H2. The molecule has 0 radical (unpaired) electrons. The van der Waals surface area contributed by atoms with Crippen molar-refractivity contribution in [2.24, 2.45) is 5.10 Å². The fourth-order valence-electron chi connectivity index (χ4n) is 1.73. The highest BCUT2D eigenvalue weighted by molar-refractivity contribution is 6.48. The number of anilines is 1. The van der Waals surface area contributed by atoms with E-state index in [1.54, 1.807) is 12.1 Å². The van der Waals surface area contributed by atoms with Gasteiger partial charge in [0.15, 0.2) is 5.78 Å². The Hall–Kier alpha value is -0.770. The fourth-order valence-corrected chi connectivity index (χ4v) is 2.33. The van der Waals surface area contributed by atoms with Gasteiger partial charge in [-0.15, -0.1) is 0 Å². The minimum Gasteiger partial charge on any atom is -0.293 e. The molecular weight excluding hydrogens is 295 g/mol. The first-order chi connectivity index (χ1) is 8.58. The van der Waals surface area contributed by atoms with E-state index in [-0.39, 0.29) is 5.78 Å². The molecule has 1 aromatic rings. The third-order valence-electron chi connectivity index (χ3n) is 2.69. The van der Waals surface area contributed by atoms with Gasteiger partial charge in [0, 0.05) is 6.42 Å². The van der Waals surface area contributed by atoms with E-state index in [1.807, 2.05) is 0 Å². The number of hydrazone groups is 1. The van der Waals surface area contributed by atoms with Crippen LogP contribution in [-0.2, 0) is 4.79 Å². The molecule has 0 heterocycles. The Balaban J connectivity index is 2.14. The summed E-state index contributed by atoms with van der Waals surface area (Å²) in [7, 11) is 0. The molecule has 3 nitrogen and oxygen atoms in total. The zero-order chi connectivity index (χ0) is 13.1. The Morgan fingerprint density at radius 1 is 1.06 bits per heavy atom. The van der Waals surface area contributed by atoms with Gasteiger partial charge in [0.1, 0.15) is 5.71 Å². The second-order valence-corrected chi connectivity index (χ2v) is 5.25. The molecule has 0 spiro atoms. The molecule has 0 saturated heterocycles. The number of ketones is 1. The molecule has 18 heavy (non-hydrogen) atoms. The monoisotopic (exact) mass is 304 g/mol. The molecule has 1 aliphatic carbocycles. The summed E-state index contributed by atoms with van der Waals surface area (Å²) in [6.45, 7) is 0. The lowest BCUT2D eigenvalue weighted by Crippen LogP contribution is -2.19. The van der Waals surface area contributed by atoms with Crippen LogP contribution in [0.5, 0.6) is 0 Å². The molecule has 1 aliphatic rings. The molecule has 0 amide bonds. The maximum absolute atomic E-state index is 11.6. The lowest BCUT2D eigenvalue weighted by molar-refractivity contribution is -0.113. The molecule has 1 N–H and O–H groups in total. The molecule has 2 rings (SSSR count). The van der Waals surface area contributed by atoms with Gasteiger partial charge in [-0.25, -0.2) is 0 Å². The number of hydrogen-bond donors (Lipinski definition) is 1. The van der Waals surface area contributed by atoms with Gasteiger partial charge in [-0.2, -0.15) is 5.10 Å². The van der Waals surface area contributed by atoms with Crippen molar-refractivity contribution in [3.8, 4) is 0 Å². The van der Waals surface area contributed by atoms with Crippen LogP contribution in [0.4, 0.5) is 5.69 Å². The third kappa shape index (κ3) is 3.16. The largest absolute Gasteiger partial charge is 0.293 e. The van der Waals surface area contributed by atoms with E-state index >= 15 is 0 Å². The number of Topliss-reactive ketones (excluding diaryl/α,β-unsaturated/α-hetero) is 1. The summed E-state index contributed by atoms with van der Waals surface area (Å²) >= 11 is 17.6. The summed E-state index contributed by atoms with van der Waals surface area (Å²) < 4.78 is 0. The predicted molar refractivity (Wildman–Crippen MR) is 76.0 cm³/mol. The second-order valence-electron chi connectivity index (χ2n) is 4.05. The number of nitrogens with zero attached hydrogens (tertiary/aromatic N) is 1. The molecule has 0 atom stereocenters. The third-order valence-corrected chi connectivity index (χ3v) is 3.89. The van der Waals surface area contributed by atoms with Crippen molar-refractivity contribution in [1.82, 2.24) is 0 Å². The van der Waals surface area contributed by atoms with E-state index in [9.17, 15) is 4.79 Å². The highest BCUT2D eigenvalue weighted by Gasteiger charge is 2.16. The predicted octanol–water partition coefficient (Wildman–Crippen LogP) is 4.56. The number of benzene rings is 1. The Morgan fingerprint density at radius 2 is 1.67 bits per heavy atom. The lowest BCUT2D eigenvalue weighted by Gasteiger charge is -2.12. The minimum absolute atomic E-state index is 0.0971. The van der Waals surface area contributed by atoms with Crippen molar-refractivity contribution >= 4 is 52.0 Å². The van der Waals surface area contributed by atoms with Crippen LogP contribution in [0.25, 0.3) is 0 Å². The lowest BCUT2D eigenvalue weighted by atomic mass is 9.97. The molecule has 1 aromatic carbocycles. The molecule has 0 unspecified atom stereocenters. The molecule has 0 bridgehead atoms. The molecule has 6 heteroatoms. The Bertz CT molecular complexity index is 491. The van der Waals surface area contributed by atoms with Gasteiger partial charge < -0.3 is 0 Å². The molecule has 0 aromatic heterocycles. The average molecular weight is 306 g/mol. The van der Waals surface area contributed by atoms with E-state index in [2.05, 4.69) is 10.5 Å². The summed E-state index contributed by atoms with van der Waals surface area (Å²) in [5.41, 5.74) is 3.98. The Kier molecular flexibility index (Phi) is 4.49. The van der Waals surface area contributed by atoms with Crippen LogP contribution in [0.2, 0.25) is 15.1 Å². The van der Waals surface area contributed by atoms with Crippen molar-refractivity contribution in [3.05, 3.63) is 27.2 Å². The van der Waals surface area contributed by atoms with E-state index in [4.69, 9.17) is 34.8 Å². The van der Waals surface area contributed by atoms with Crippen molar-refractivity contribution in [2.75, 3.05) is 5.43 Å². The highest BCUT2D eigenvalue weighted by Crippen LogP contribution is 2.33. The molecule has 1 fully saturated rings. The Morgan fingerprint density at radius 3 is 2.28 bits per heavy atom. The van der Waals surface area contributed by atoms with Crippen LogP contribution >= 0.6 is 34.8 Å². The maximum Gasteiger partial charge on any atom is 0.178 e. The van der Waals surface area contributed by atoms with Gasteiger partial charge >= 0.3 is 0 Å². The Labute approximate surface area is 120 Å². The summed E-state index contributed by atoms with van der Waals surface area (Å²) in [6, 6.07) is 3.24. The normalized spacial score (nSPS) is 18.2. The number of nitrogens with one attached hydrogen (secondary N) is 1. The SMILES string of the molecule is O=C1CCCCC1=NNc1cc(Cl)c(Cl)c(Cl)c1. The van der Waals surface area contributed by atoms with Gasteiger partial charge in [0.05, 0.1) is 20.8 Å². The van der Waals surface area contributed by atoms with E-state index in [0.29, 0.717) is 39.3 Å². The van der Waals surface area contributed by atoms with Crippen LogP contribution < -0.4 is 5.43 Å². The van der Waals surface area contributed by atoms with Gasteiger partial charge in [-0.3, -0.25) is 10.2 Å². The summed E-state index contributed by atoms with van der Waals surface area (Å²) in [5.74, 6) is 0.0971. The summed E-state index contributed by atoms with van der Waals surface area (Å²) in [4.78, 5) is 11.6. The second kappa shape index (κ2) is 5.91. The molecule has 1 saturated carbocycles. The summed E-state index contributed by atoms with van der Waals surface area (Å²) in [6.07, 6.45) is 3.22. The van der Waals surface area contributed by atoms with Gasteiger partial charge in [-0.05, 0) is 31.4 Å². The number of hydrogen-bond acceptors (Lipinski definition) is 3. The quantitative estimate of drug-likeness (QED) is 0.643. The van der Waals surface area contributed by atoms with Crippen LogP contribution in [0, 0.1) is 0 Å². The number of rotatable bonds is 2. The zero-order valence-electron chi connectivity index (χ0n) is 9.47. The van der Waals surface area contributed by atoms with Crippen molar-refractivity contribution in [1.29, 1.82) is 0 Å². The van der Waals surface area contributed by atoms with Crippen LogP contribution in [0.1, 0.15) is 25.7 Å². The maximum atomic E-state index is 11.6. The van der Waals surface area contributed by atoms with Crippen LogP contribution in [0.3, 0.4) is 0 Å². The summed E-state index contributed by atoms with van der Waals surface area (Å²) in [5, 5.41) is 5.11. The molecule has 96 valence electrons. The van der Waals surface area contributed by atoms with Gasteiger partial charge in [0.2, 0.25) is 0 Å². The smallest absolute Gasteiger partial charge is 0.178 e. The van der Waals surface area contributed by atoms with Crippen molar-refractivity contribution in [3.63, 3.8) is 0 Å². The van der Waals surface area contributed by atoms with Gasteiger partial charge in [-0.1, -0.05) is 34.8 Å². The van der Waals surface area contributed by atoms with Crippen LogP contribution in [0.15, 0.2) is 17.2 Å². The van der Waals surface area contributed by atoms with E-state index in [0.717, 1.165) is 12.8 Å². The number of carbonyl (C=O) groups excluding carboxylic acids is 1. The molecular formula is C12H11Cl3N2O. The first-order valence-electron chi connectivity index (χ1n) is 5.58. The van der Waals surface area contributed by atoms with Gasteiger partial charge in [0.25, 0.3) is 0 Å². The van der Waals surface area contributed by atoms with Crippen molar-refractivity contribution in [2.45, 2.75) is 25.7 Å². The van der Waals surface area contributed by atoms with E-state index < -0.39 is 0 Å². The highest BCUT2D eigenvalue weighted by atomic mass is 35.5. The first-order valence-corrected chi connectivity index (χ1v) is 6.71. The van der Waals surface area contributed by atoms with E-state index in [1.165, 1.54) is 0 Å². The zero-order valence-corrected chi connectivity index (χ0v) is 11.7. The van der Waals surface area contributed by atoms with Crippen LogP contribution in [-0.4, -0.2) is 11.5 Å². The minimum atomic E-state index is 0.0971. The van der Waals surface area contributed by atoms with Crippen molar-refractivity contribution < 1.29 is 4.79 Å². The average Bonchev–Trinajstić information content (AvgIpc) is 2.35. The number of carbonyl (C=O) groups is 1. The topological polar surface area (TPSA) is 41.5 Å². The number of halogens is 3. The fraction of sp³-hybridized carbons (Fsp3) is 0.333. The molecule has 0 aliphatic heterocycles. The first kappa shape index (κ1) is 13.7.